The molecule has 20 heavy (non-hydrogen) atoms. The second kappa shape index (κ2) is 5.64. The highest BCUT2D eigenvalue weighted by molar-refractivity contribution is 5.84. The summed E-state index contributed by atoms with van der Waals surface area (Å²) >= 11 is 0. The van der Waals surface area contributed by atoms with E-state index in [0.29, 0.717) is 23.8 Å². The van der Waals surface area contributed by atoms with E-state index < -0.39 is 0 Å². The second-order valence-electron chi connectivity index (χ2n) is 6.96. The van der Waals surface area contributed by atoms with Crippen LogP contribution in [0.25, 0.3) is 0 Å². The van der Waals surface area contributed by atoms with E-state index in [9.17, 15) is 4.79 Å². The quantitative estimate of drug-likeness (QED) is 0.781. The smallest absolute Gasteiger partial charge is 0.228 e. The monoisotopic (exact) mass is 280 g/mol. The Kier molecular flexibility index (Phi) is 4.04. The number of hydrogen-bond donors (Lipinski definition) is 1. The van der Waals surface area contributed by atoms with Gasteiger partial charge in [-0.2, -0.15) is 0 Å². The van der Waals surface area contributed by atoms with Crippen molar-refractivity contribution in [3.63, 3.8) is 0 Å². The zero-order valence-corrected chi connectivity index (χ0v) is 12.6. The lowest BCUT2D eigenvalue weighted by molar-refractivity contribution is -0.148. The van der Waals surface area contributed by atoms with Gasteiger partial charge in [0.2, 0.25) is 5.91 Å². The van der Waals surface area contributed by atoms with Crippen molar-refractivity contribution in [3.05, 3.63) is 0 Å². The lowest BCUT2D eigenvalue weighted by Gasteiger charge is -2.43. The van der Waals surface area contributed by atoms with E-state index in [2.05, 4.69) is 4.90 Å². The maximum atomic E-state index is 12.9. The van der Waals surface area contributed by atoms with Crippen molar-refractivity contribution >= 4 is 5.91 Å². The number of amides is 1. The van der Waals surface area contributed by atoms with Crippen molar-refractivity contribution in [2.75, 3.05) is 26.3 Å². The van der Waals surface area contributed by atoms with Gasteiger partial charge in [-0.15, -0.1) is 0 Å². The van der Waals surface area contributed by atoms with E-state index in [1.165, 1.54) is 12.8 Å². The van der Waals surface area contributed by atoms with Gasteiger partial charge in [0.05, 0.1) is 5.41 Å². The number of carbonyl (C=O) groups excluding carboxylic acids is 1. The number of carbonyl (C=O) groups is 1. The van der Waals surface area contributed by atoms with Crippen LogP contribution >= 0.6 is 0 Å². The number of hydrogen-bond acceptors (Lipinski definition) is 3. The number of fused-ring (bicyclic) bond motifs is 1. The summed E-state index contributed by atoms with van der Waals surface area (Å²) < 4.78 is 5.48. The van der Waals surface area contributed by atoms with Crippen LogP contribution < -0.4 is 5.73 Å². The van der Waals surface area contributed by atoms with E-state index >= 15 is 0 Å². The molecule has 2 N–H and O–H groups in total. The molecule has 3 rings (SSSR count). The summed E-state index contributed by atoms with van der Waals surface area (Å²) in [6.07, 6.45) is 6.55. The number of nitrogens with zero attached hydrogens (tertiary/aromatic N) is 1. The molecule has 0 bridgehead atoms. The molecule has 0 spiro atoms. The van der Waals surface area contributed by atoms with E-state index in [-0.39, 0.29) is 5.41 Å². The van der Waals surface area contributed by atoms with Crippen LogP contribution in [0.15, 0.2) is 0 Å². The van der Waals surface area contributed by atoms with E-state index in [4.69, 9.17) is 10.5 Å². The molecule has 1 aliphatic heterocycles. The highest BCUT2D eigenvalue weighted by Gasteiger charge is 2.50. The molecule has 3 aliphatic rings. The molecule has 4 heteroatoms. The van der Waals surface area contributed by atoms with Gasteiger partial charge in [-0.05, 0) is 50.9 Å². The first-order chi connectivity index (χ1) is 9.66. The van der Waals surface area contributed by atoms with E-state index in [1.807, 2.05) is 6.92 Å². The summed E-state index contributed by atoms with van der Waals surface area (Å²) in [5.41, 5.74) is 6.08. The maximum absolute atomic E-state index is 12.9. The highest BCUT2D eigenvalue weighted by atomic mass is 16.5. The topological polar surface area (TPSA) is 55.6 Å². The maximum Gasteiger partial charge on any atom is 0.228 e. The lowest BCUT2D eigenvalue weighted by Crippen LogP contribution is -2.48. The molecule has 1 amide bonds. The number of likely N-dealkylation sites (tertiary alicyclic amines) is 1. The Bertz CT molecular complexity index is 367. The molecule has 3 atom stereocenters. The van der Waals surface area contributed by atoms with Crippen molar-refractivity contribution in [3.8, 4) is 0 Å². The predicted octanol–water partition coefficient (Wildman–Crippen LogP) is 1.78. The SMILES string of the molecule is CCOCCC1(C(=O)N2CC3CCC(N)C3C2)CCC1. The molecule has 4 nitrogen and oxygen atoms in total. The standard InChI is InChI=1S/C16H28N2O2/c1-2-20-9-8-16(6-3-7-16)15(19)18-10-12-4-5-14(17)13(12)11-18/h12-14H,2-11,17H2,1H3. The van der Waals surface area contributed by atoms with Crippen LogP contribution in [-0.2, 0) is 9.53 Å². The molecule has 3 unspecified atom stereocenters. The van der Waals surface area contributed by atoms with Crippen molar-refractivity contribution < 1.29 is 9.53 Å². The summed E-state index contributed by atoms with van der Waals surface area (Å²) in [5.74, 6) is 1.62. The summed E-state index contributed by atoms with van der Waals surface area (Å²) in [6, 6.07) is 0.318. The molecule has 1 saturated heterocycles. The highest BCUT2D eigenvalue weighted by Crippen LogP contribution is 2.47. The molecule has 0 aromatic carbocycles. The first kappa shape index (κ1) is 14.3. The summed E-state index contributed by atoms with van der Waals surface area (Å²) in [6.45, 7) is 5.34. The fourth-order valence-electron chi connectivity index (χ4n) is 4.39. The normalized spacial score (nSPS) is 34.9. The first-order valence-electron chi connectivity index (χ1n) is 8.29. The number of rotatable bonds is 5. The van der Waals surface area contributed by atoms with E-state index in [0.717, 1.165) is 52.0 Å². The third kappa shape index (κ3) is 2.37. The predicted molar refractivity (Wildman–Crippen MR) is 78.2 cm³/mol. The molecular weight excluding hydrogens is 252 g/mol. The largest absolute Gasteiger partial charge is 0.382 e. The zero-order valence-electron chi connectivity index (χ0n) is 12.6. The summed E-state index contributed by atoms with van der Waals surface area (Å²) in [5, 5.41) is 0. The zero-order chi connectivity index (χ0) is 14.2. The Balaban J connectivity index is 1.60. The van der Waals surface area contributed by atoms with Crippen LogP contribution in [0.4, 0.5) is 0 Å². The van der Waals surface area contributed by atoms with Gasteiger partial charge in [-0.3, -0.25) is 4.79 Å². The molecule has 3 fully saturated rings. The van der Waals surface area contributed by atoms with Crippen molar-refractivity contribution in [1.29, 1.82) is 0 Å². The molecular formula is C16H28N2O2. The average molecular weight is 280 g/mol. The van der Waals surface area contributed by atoms with Gasteiger partial charge in [-0.25, -0.2) is 0 Å². The average Bonchev–Trinajstić information content (AvgIpc) is 2.95. The minimum Gasteiger partial charge on any atom is -0.382 e. The van der Waals surface area contributed by atoms with Crippen LogP contribution in [0.3, 0.4) is 0 Å². The number of ether oxygens (including phenoxy) is 1. The molecule has 1 heterocycles. The summed E-state index contributed by atoms with van der Waals surface area (Å²) in [7, 11) is 0. The van der Waals surface area contributed by atoms with Gasteiger partial charge in [0.15, 0.2) is 0 Å². The van der Waals surface area contributed by atoms with Crippen LogP contribution in [0.2, 0.25) is 0 Å². The molecule has 114 valence electrons. The van der Waals surface area contributed by atoms with E-state index in [1.54, 1.807) is 0 Å². The molecule has 0 radical (unpaired) electrons. The van der Waals surface area contributed by atoms with Gasteiger partial charge >= 0.3 is 0 Å². The Morgan fingerprint density at radius 1 is 1.35 bits per heavy atom. The lowest BCUT2D eigenvalue weighted by atomic mass is 9.66. The Hall–Kier alpha value is -0.610. The second-order valence-corrected chi connectivity index (χ2v) is 6.96. The Morgan fingerprint density at radius 2 is 2.15 bits per heavy atom. The van der Waals surface area contributed by atoms with Crippen molar-refractivity contribution in [2.45, 2.75) is 51.5 Å². The Morgan fingerprint density at radius 3 is 2.75 bits per heavy atom. The molecule has 2 saturated carbocycles. The van der Waals surface area contributed by atoms with Crippen LogP contribution in [0.5, 0.6) is 0 Å². The van der Waals surface area contributed by atoms with Crippen molar-refractivity contribution in [1.82, 2.24) is 4.90 Å². The Labute approximate surface area is 122 Å². The van der Waals surface area contributed by atoms with Gasteiger partial charge in [0, 0.05) is 32.3 Å². The third-order valence-electron chi connectivity index (χ3n) is 5.89. The van der Waals surface area contributed by atoms with Gasteiger partial charge < -0.3 is 15.4 Å². The minimum atomic E-state index is -0.0993. The fraction of sp³-hybridized carbons (Fsp3) is 0.938. The van der Waals surface area contributed by atoms with Gasteiger partial charge in [-0.1, -0.05) is 6.42 Å². The molecule has 2 aliphatic carbocycles. The van der Waals surface area contributed by atoms with Crippen LogP contribution in [-0.4, -0.2) is 43.2 Å². The van der Waals surface area contributed by atoms with Gasteiger partial charge in [0.1, 0.15) is 0 Å². The van der Waals surface area contributed by atoms with Crippen molar-refractivity contribution in [2.24, 2.45) is 23.0 Å². The third-order valence-corrected chi connectivity index (χ3v) is 5.89. The summed E-state index contributed by atoms with van der Waals surface area (Å²) in [4.78, 5) is 15.0. The molecule has 0 aromatic rings. The minimum absolute atomic E-state index is 0.0993. The van der Waals surface area contributed by atoms with Crippen LogP contribution in [0.1, 0.15) is 45.4 Å². The number of nitrogens with two attached hydrogens (primary N) is 1. The first-order valence-corrected chi connectivity index (χ1v) is 8.29. The van der Waals surface area contributed by atoms with Gasteiger partial charge in [0.25, 0.3) is 0 Å². The molecule has 0 aromatic heterocycles. The fourth-order valence-corrected chi connectivity index (χ4v) is 4.39. The van der Waals surface area contributed by atoms with Crippen LogP contribution in [0, 0.1) is 17.3 Å².